The Morgan fingerprint density at radius 1 is 1.03 bits per heavy atom. The first-order valence-electron chi connectivity index (χ1n) is 9.18. The summed E-state index contributed by atoms with van der Waals surface area (Å²) < 4.78 is 45.0. The summed E-state index contributed by atoms with van der Waals surface area (Å²) in [7, 11) is 0. The maximum absolute atomic E-state index is 13.1. The van der Waals surface area contributed by atoms with Crippen LogP contribution in [-0.2, 0) is 6.18 Å². The summed E-state index contributed by atoms with van der Waals surface area (Å²) in [5.74, 6) is 0.191. The van der Waals surface area contributed by atoms with E-state index in [1.807, 2.05) is 6.07 Å². The Morgan fingerprint density at radius 3 is 2.52 bits per heavy atom. The van der Waals surface area contributed by atoms with Crippen molar-refractivity contribution in [3.63, 3.8) is 0 Å². The lowest BCUT2D eigenvalue weighted by Crippen LogP contribution is -2.04. The van der Waals surface area contributed by atoms with Crippen LogP contribution in [-0.4, -0.2) is 26.5 Å². The van der Waals surface area contributed by atoms with Crippen LogP contribution < -0.4 is 5.73 Å². The molecule has 0 aliphatic rings. The minimum atomic E-state index is -4.50. The summed E-state index contributed by atoms with van der Waals surface area (Å²) in [6.07, 6.45) is -3.51. The van der Waals surface area contributed by atoms with Gasteiger partial charge in [-0.25, -0.2) is 15.0 Å². The van der Waals surface area contributed by atoms with Gasteiger partial charge in [0.25, 0.3) is 11.2 Å². The summed E-state index contributed by atoms with van der Waals surface area (Å²) in [5.41, 5.74) is 6.08. The Kier molecular flexibility index (Phi) is 6.05. The van der Waals surface area contributed by atoms with E-state index in [0.717, 1.165) is 30.2 Å². The van der Waals surface area contributed by atoms with Gasteiger partial charge in [-0.3, -0.25) is 0 Å². The van der Waals surface area contributed by atoms with Gasteiger partial charge in [-0.1, -0.05) is 12.1 Å². The van der Waals surface area contributed by atoms with Crippen LogP contribution >= 0.6 is 11.8 Å². The third-order valence-corrected chi connectivity index (χ3v) is 4.98. The fourth-order valence-electron chi connectivity index (χ4n) is 2.74. The van der Waals surface area contributed by atoms with E-state index in [-0.39, 0.29) is 28.3 Å². The van der Waals surface area contributed by atoms with Gasteiger partial charge >= 0.3 is 6.18 Å². The van der Waals surface area contributed by atoms with Gasteiger partial charge in [0.1, 0.15) is 5.03 Å². The van der Waals surface area contributed by atoms with Crippen molar-refractivity contribution in [3.8, 4) is 28.8 Å². The number of aromatic nitrogens is 4. The van der Waals surface area contributed by atoms with Crippen molar-refractivity contribution in [2.45, 2.75) is 16.4 Å². The highest BCUT2D eigenvalue weighted by atomic mass is 32.2. The monoisotopic (exact) mass is 467 g/mol. The molecule has 8 nitrogen and oxygen atoms in total. The molecule has 0 saturated heterocycles. The molecule has 2 N–H and O–H groups in total. The van der Waals surface area contributed by atoms with E-state index in [1.54, 1.807) is 24.3 Å². The van der Waals surface area contributed by atoms with E-state index in [1.165, 1.54) is 18.2 Å². The smallest absolute Gasteiger partial charge is 0.411 e. The predicted molar refractivity (Wildman–Crippen MR) is 113 cm³/mol. The molecule has 0 aliphatic heterocycles. The average molecular weight is 467 g/mol. The second kappa shape index (κ2) is 9.09. The number of alkyl halides is 3. The third-order valence-electron chi connectivity index (χ3n) is 4.23. The number of halogens is 3. The van der Waals surface area contributed by atoms with Gasteiger partial charge in [0.05, 0.1) is 29.2 Å². The Morgan fingerprint density at radius 2 is 1.82 bits per heavy atom. The molecule has 12 heteroatoms. The number of benzene rings is 2. The molecule has 0 aliphatic carbocycles. The number of nitriles is 1. The number of hydrogen-bond acceptors (Lipinski definition) is 8. The maximum atomic E-state index is 13.1. The van der Waals surface area contributed by atoms with E-state index in [4.69, 9.17) is 15.4 Å². The average Bonchev–Trinajstić information content (AvgIpc) is 3.27. The standard InChI is InChI=1S/C21H12F3N7OS/c22-21(23,24)15-3-1-2-14(8-15)16-9-17(29-19(28-16)27-11-26)33-20-31-30-18(32-20)13-6-4-12(10-25)5-7-13/h1-9,11H,(H2,26,27,28,29). The first-order valence-corrected chi connectivity index (χ1v) is 10.0. The molecule has 2 heterocycles. The second-order valence-corrected chi connectivity index (χ2v) is 7.38. The summed E-state index contributed by atoms with van der Waals surface area (Å²) in [6.45, 7) is 0. The number of rotatable bonds is 5. The van der Waals surface area contributed by atoms with Crippen molar-refractivity contribution < 1.29 is 17.6 Å². The fourth-order valence-corrected chi connectivity index (χ4v) is 3.42. The highest BCUT2D eigenvalue weighted by Crippen LogP contribution is 2.34. The molecule has 0 fully saturated rings. The van der Waals surface area contributed by atoms with Gasteiger partial charge < -0.3 is 10.2 Å². The van der Waals surface area contributed by atoms with Gasteiger partial charge in [0, 0.05) is 11.1 Å². The first-order chi connectivity index (χ1) is 15.9. The largest absolute Gasteiger partial charge is 0.416 e. The molecule has 0 unspecified atom stereocenters. The van der Waals surface area contributed by atoms with Crippen LogP contribution in [0, 0.1) is 11.3 Å². The number of nitrogens with zero attached hydrogens (tertiary/aromatic N) is 6. The zero-order chi connectivity index (χ0) is 23.4. The molecule has 4 rings (SSSR count). The first kappa shape index (κ1) is 22.0. The number of hydrogen-bond donors (Lipinski definition) is 1. The Balaban J connectivity index is 1.66. The van der Waals surface area contributed by atoms with Crippen LogP contribution in [0.4, 0.5) is 19.1 Å². The van der Waals surface area contributed by atoms with Crippen molar-refractivity contribution in [3.05, 3.63) is 65.7 Å². The molecule has 33 heavy (non-hydrogen) atoms. The molecular formula is C21H12F3N7OS. The van der Waals surface area contributed by atoms with Crippen molar-refractivity contribution in [1.29, 1.82) is 5.26 Å². The molecule has 164 valence electrons. The van der Waals surface area contributed by atoms with Crippen LogP contribution in [0.25, 0.3) is 22.7 Å². The molecule has 2 aromatic carbocycles. The minimum absolute atomic E-state index is 0.0401. The Labute approximate surface area is 189 Å². The second-order valence-electron chi connectivity index (χ2n) is 6.41. The maximum Gasteiger partial charge on any atom is 0.416 e. The molecule has 4 aromatic rings. The van der Waals surface area contributed by atoms with Crippen LogP contribution in [0.5, 0.6) is 0 Å². The summed E-state index contributed by atoms with van der Waals surface area (Å²) in [5, 5.41) is 17.3. The van der Waals surface area contributed by atoms with Gasteiger partial charge in [-0.15, -0.1) is 10.2 Å². The van der Waals surface area contributed by atoms with Crippen LogP contribution in [0.15, 0.2) is 74.3 Å². The van der Waals surface area contributed by atoms with E-state index in [2.05, 4.69) is 25.2 Å². The quantitative estimate of drug-likeness (QED) is 0.251. The lowest BCUT2D eigenvalue weighted by atomic mass is 10.1. The molecule has 0 spiro atoms. The van der Waals surface area contributed by atoms with Gasteiger partial charge in [-0.2, -0.15) is 18.4 Å². The van der Waals surface area contributed by atoms with Crippen molar-refractivity contribution >= 4 is 24.0 Å². The van der Waals surface area contributed by atoms with Crippen LogP contribution in [0.2, 0.25) is 0 Å². The molecule has 0 saturated carbocycles. The normalized spacial score (nSPS) is 11.6. The molecule has 0 atom stereocenters. The fraction of sp³-hybridized carbons (Fsp3) is 0.0476. The minimum Gasteiger partial charge on any atom is -0.411 e. The SMILES string of the molecule is N#Cc1ccc(-c2nnc(Sc3cc(-c4cccc(C(F)(F)F)c4)nc(N=CN)n3)o2)cc1. The zero-order valence-electron chi connectivity index (χ0n) is 16.5. The van der Waals surface area contributed by atoms with E-state index < -0.39 is 11.7 Å². The molecule has 0 amide bonds. The molecule has 0 radical (unpaired) electrons. The van der Waals surface area contributed by atoms with E-state index in [9.17, 15) is 13.2 Å². The van der Waals surface area contributed by atoms with Crippen molar-refractivity contribution in [2.24, 2.45) is 10.7 Å². The van der Waals surface area contributed by atoms with E-state index >= 15 is 0 Å². The molecule has 2 aromatic heterocycles. The number of nitrogens with two attached hydrogens (primary N) is 1. The topological polar surface area (TPSA) is 127 Å². The molecular weight excluding hydrogens is 455 g/mol. The lowest BCUT2D eigenvalue weighted by molar-refractivity contribution is -0.137. The Hall–Kier alpha value is -4.24. The number of aliphatic imine (C=N–C) groups is 1. The van der Waals surface area contributed by atoms with Crippen LogP contribution in [0.3, 0.4) is 0 Å². The van der Waals surface area contributed by atoms with Gasteiger partial charge in [0.15, 0.2) is 0 Å². The van der Waals surface area contributed by atoms with Crippen LogP contribution in [0.1, 0.15) is 11.1 Å². The summed E-state index contributed by atoms with van der Waals surface area (Å²) in [6, 6.07) is 14.8. The third kappa shape index (κ3) is 5.16. The predicted octanol–water partition coefficient (Wildman–Crippen LogP) is 4.85. The van der Waals surface area contributed by atoms with Gasteiger partial charge in [-0.05, 0) is 54.2 Å². The van der Waals surface area contributed by atoms with Gasteiger partial charge in [0.2, 0.25) is 5.89 Å². The Bertz CT molecular complexity index is 1360. The zero-order valence-corrected chi connectivity index (χ0v) is 17.3. The summed E-state index contributed by atoms with van der Waals surface area (Å²) in [4.78, 5) is 12.2. The van der Waals surface area contributed by atoms with Crippen molar-refractivity contribution in [1.82, 2.24) is 20.2 Å². The molecule has 0 bridgehead atoms. The van der Waals surface area contributed by atoms with Crippen molar-refractivity contribution in [2.75, 3.05) is 0 Å². The van der Waals surface area contributed by atoms with E-state index in [0.29, 0.717) is 16.2 Å². The highest BCUT2D eigenvalue weighted by Gasteiger charge is 2.30. The lowest BCUT2D eigenvalue weighted by Gasteiger charge is -2.09. The summed E-state index contributed by atoms with van der Waals surface area (Å²) >= 11 is 0.989. The highest BCUT2D eigenvalue weighted by molar-refractivity contribution is 7.99.